The van der Waals surface area contributed by atoms with Gasteiger partial charge < -0.3 is 15.4 Å². The minimum atomic E-state index is -0.850. The molecule has 10 heteroatoms. The number of anilines is 1. The number of carbonyl (C=O) groups excluding carboxylic acids is 3. The number of halogens is 1. The smallest absolute Gasteiger partial charge is 0.338 e. The van der Waals surface area contributed by atoms with Crippen molar-refractivity contribution in [2.24, 2.45) is 5.73 Å². The molecule has 0 aliphatic carbocycles. The second-order valence-electron chi connectivity index (χ2n) is 5.62. The Balaban J connectivity index is 2.05. The van der Waals surface area contributed by atoms with Crippen LogP contribution in [0.25, 0.3) is 0 Å². The molecular formula is C18H16FN3O6. The fraction of sp³-hybridized carbons (Fsp3) is 0.167. The standard InChI is InChI=1S/C18H16FN3O6/c19-13-3-7-14(8-4-13)21(10-9-16(20)23)17(24)11-28-18(25)12-1-5-15(6-2-12)22(26)27/h1-8H,9-11H2,(H2,20,23). The normalized spacial score (nSPS) is 10.2. The molecule has 0 aliphatic rings. The maximum atomic E-state index is 13.1. The van der Waals surface area contributed by atoms with E-state index in [0.717, 1.165) is 29.2 Å². The average molecular weight is 389 g/mol. The summed E-state index contributed by atoms with van der Waals surface area (Å²) >= 11 is 0. The molecular weight excluding hydrogens is 373 g/mol. The van der Waals surface area contributed by atoms with E-state index in [0.29, 0.717) is 5.69 Å². The molecule has 0 radical (unpaired) electrons. The Bertz CT molecular complexity index is 883. The summed E-state index contributed by atoms with van der Waals surface area (Å²) in [6.45, 7) is -0.721. The van der Waals surface area contributed by atoms with Crippen molar-refractivity contribution in [3.8, 4) is 0 Å². The summed E-state index contributed by atoms with van der Waals surface area (Å²) in [7, 11) is 0. The molecule has 9 nitrogen and oxygen atoms in total. The van der Waals surface area contributed by atoms with Crippen molar-refractivity contribution in [1.29, 1.82) is 0 Å². The number of rotatable bonds is 8. The van der Waals surface area contributed by atoms with Gasteiger partial charge in [0.25, 0.3) is 11.6 Å². The molecule has 2 aromatic carbocycles. The Kier molecular flexibility index (Phi) is 6.74. The van der Waals surface area contributed by atoms with Gasteiger partial charge in [0.15, 0.2) is 6.61 Å². The second kappa shape index (κ2) is 9.21. The molecule has 0 spiro atoms. The first-order valence-electron chi connectivity index (χ1n) is 8.03. The predicted molar refractivity (Wildman–Crippen MR) is 95.9 cm³/mol. The van der Waals surface area contributed by atoms with Crippen LogP contribution in [0.5, 0.6) is 0 Å². The lowest BCUT2D eigenvalue weighted by atomic mass is 10.2. The van der Waals surface area contributed by atoms with E-state index in [9.17, 15) is 28.9 Å². The zero-order valence-corrected chi connectivity index (χ0v) is 14.5. The van der Waals surface area contributed by atoms with Crippen LogP contribution in [-0.4, -0.2) is 35.9 Å². The highest BCUT2D eigenvalue weighted by Gasteiger charge is 2.19. The van der Waals surface area contributed by atoms with E-state index < -0.39 is 35.1 Å². The van der Waals surface area contributed by atoms with E-state index in [1.165, 1.54) is 24.3 Å². The third kappa shape index (κ3) is 5.59. The molecule has 0 aliphatic heterocycles. The van der Waals surface area contributed by atoms with Gasteiger partial charge in [-0.05, 0) is 36.4 Å². The van der Waals surface area contributed by atoms with Crippen LogP contribution in [0.15, 0.2) is 48.5 Å². The highest BCUT2D eigenvalue weighted by Crippen LogP contribution is 2.16. The van der Waals surface area contributed by atoms with Crippen molar-refractivity contribution in [2.75, 3.05) is 18.1 Å². The first kappa shape index (κ1) is 20.5. The zero-order chi connectivity index (χ0) is 20.7. The van der Waals surface area contributed by atoms with Crippen LogP contribution in [0.3, 0.4) is 0 Å². The van der Waals surface area contributed by atoms with Gasteiger partial charge in [-0.25, -0.2) is 9.18 Å². The van der Waals surface area contributed by atoms with E-state index in [-0.39, 0.29) is 24.2 Å². The lowest BCUT2D eigenvalue weighted by Crippen LogP contribution is -2.37. The largest absolute Gasteiger partial charge is 0.452 e. The summed E-state index contributed by atoms with van der Waals surface area (Å²) in [5, 5.41) is 10.6. The Morgan fingerprint density at radius 3 is 2.21 bits per heavy atom. The fourth-order valence-electron chi connectivity index (χ4n) is 2.25. The highest BCUT2D eigenvalue weighted by atomic mass is 19.1. The average Bonchev–Trinajstić information content (AvgIpc) is 2.67. The van der Waals surface area contributed by atoms with Crippen LogP contribution in [-0.2, 0) is 14.3 Å². The molecule has 0 saturated heterocycles. The van der Waals surface area contributed by atoms with Crippen molar-refractivity contribution in [3.05, 3.63) is 70.0 Å². The summed E-state index contributed by atoms with van der Waals surface area (Å²) in [4.78, 5) is 46.6. The maximum Gasteiger partial charge on any atom is 0.338 e. The zero-order valence-electron chi connectivity index (χ0n) is 14.5. The third-order valence-electron chi connectivity index (χ3n) is 3.66. The van der Waals surface area contributed by atoms with E-state index in [1.807, 2.05) is 0 Å². The number of non-ortho nitro benzene ring substituents is 1. The number of nitro benzene ring substituents is 1. The van der Waals surface area contributed by atoms with Crippen LogP contribution in [0.2, 0.25) is 0 Å². The second-order valence-corrected chi connectivity index (χ2v) is 5.62. The number of primary amides is 1. The SMILES string of the molecule is NC(=O)CCN(C(=O)COC(=O)c1ccc([N+](=O)[O-])cc1)c1ccc(F)cc1. The number of nitrogens with two attached hydrogens (primary N) is 1. The van der Waals surface area contributed by atoms with Crippen molar-refractivity contribution in [2.45, 2.75) is 6.42 Å². The summed E-state index contributed by atoms with van der Waals surface area (Å²) in [6, 6.07) is 9.64. The Morgan fingerprint density at radius 2 is 1.68 bits per heavy atom. The minimum absolute atomic E-state index is 0.0314. The number of carbonyl (C=O) groups is 3. The summed E-state index contributed by atoms with van der Waals surface area (Å²) in [5.41, 5.74) is 5.25. The molecule has 0 unspecified atom stereocenters. The van der Waals surface area contributed by atoms with Crippen molar-refractivity contribution < 1.29 is 28.4 Å². The molecule has 2 amide bonds. The lowest BCUT2D eigenvalue weighted by molar-refractivity contribution is -0.384. The lowest BCUT2D eigenvalue weighted by Gasteiger charge is -2.22. The predicted octanol–water partition coefficient (Wildman–Crippen LogP) is 1.80. The molecule has 28 heavy (non-hydrogen) atoms. The fourth-order valence-corrected chi connectivity index (χ4v) is 2.25. The number of benzene rings is 2. The van der Waals surface area contributed by atoms with Gasteiger partial charge in [0.05, 0.1) is 10.5 Å². The highest BCUT2D eigenvalue weighted by molar-refractivity contribution is 5.97. The van der Waals surface area contributed by atoms with Gasteiger partial charge in [0.2, 0.25) is 5.91 Å². The molecule has 2 N–H and O–H groups in total. The van der Waals surface area contributed by atoms with E-state index in [1.54, 1.807) is 0 Å². The van der Waals surface area contributed by atoms with Gasteiger partial charge in [0, 0.05) is 30.8 Å². The third-order valence-corrected chi connectivity index (χ3v) is 3.66. The quantitative estimate of drug-likeness (QED) is 0.416. The number of ether oxygens (including phenoxy) is 1. The monoisotopic (exact) mass is 389 g/mol. The molecule has 0 atom stereocenters. The number of nitro groups is 1. The number of nitrogens with zero attached hydrogens (tertiary/aromatic N) is 2. The van der Waals surface area contributed by atoms with Gasteiger partial charge in [-0.1, -0.05) is 0 Å². The van der Waals surface area contributed by atoms with Crippen LogP contribution in [0.1, 0.15) is 16.8 Å². The van der Waals surface area contributed by atoms with E-state index in [2.05, 4.69) is 0 Å². The molecule has 0 heterocycles. The summed E-state index contributed by atoms with van der Waals surface area (Å²) in [6.07, 6.45) is -0.139. The first-order chi connectivity index (χ1) is 13.3. The molecule has 0 aromatic heterocycles. The summed E-state index contributed by atoms with van der Waals surface area (Å²) < 4.78 is 18.0. The van der Waals surface area contributed by atoms with E-state index >= 15 is 0 Å². The maximum absolute atomic E-state index is 13.1. The Labute approximate surface area is 158 Å². The molecule has 0 fully saturated rings. The molecule has 146 valence electrons. The molecule has 2 rings (SSSR count). The van der Waals surface area contributed by atoms with Crippen molar-refractivity contribution in [1.82, 2.24) is 0 Å². The number of esters is 1. The van der Waals surface area contributed by atoms with Crippen molar-refractivity contribution in [3.63, 3.8) is 0 Å². The first-order valence-corrected chi connectivity index (χ1v) is 8.03. The van der Waals surface area contributed by atoms with Crippen LogP contribution in [0, 0.1) is 15.9 Å². The molecule has 0 bridgehead atoms. The topological polar surface area (TPSA) is 133 Å². The van der Waals surface area contributed by atoms with Crippen molar-refractivity contribution >= 4 is 29.2 Å². The van der Waals surface area contributed by atoms with Gasteiger partial charge in [-0.2, -0.15) is 0 Å². The van der Waals surface area contributed by atoms with Gasteiger partial charge in [-0.15, -0.1) is 0 Å². The Hall–Kier alpha value is -3.82. The Morgan fingerprint density at radius 1 is 1.07 bits per heavy atom. The number of hydrogen-bond donors (Lipinski definition) is 1. The van der Waals surface area contributed by atoms with Gasteiger partial charge >= 0.3 is 5.97 Å². The van der Waals surface area contributed by atoms with Gasteiger partial charge in [0.1, 0.15) is 5.82 Å². The minimum Gasteiger partial charge on any atom is -0.452 e. The van der Waals surface area contributed by atoms with E-state index in [4.69, 9.17) is 10.5 Å². The van der Waals surface area contributed by atoms with Gasteiger partial charge in [-0.3, -0.25) is 19.7 Å². The number of amides is 2. The number of hydrogen-bond acceptors (Lipinski definition) is 6. The molecule has 2 aromatic rings. The molecule has 0 saturated carbocycles. The van der Waals surface area contributed by atoms with Crippen LogP contribution in [0.4, 0.5) is 15.8 Å². The van der Waals surface area contributed by atoms with Crippen LogP contribution < -0.4 is 10.6 Å². The van der Waals surface area contributed by atoms with Crippen LogP contribution >= 0.6 is 0 Å². The summed E-state index contributed by atoms with van der Waals surface area (Å²) in [5.74, 6) is -2.64.